The van der Waals surface area contributed by atoms with Crippen LogP contribution in [0.5, 0.6) is 11.5 Å². The SMILES string of the molecule is COc1cn[nH]c1Sc1cnc(N2CCN(C)CC2)c(OCc2ccccc2)c1. The van der Waals surface area contributed by atoms with Crippen molar-refractivity contribution >= 4 is 17.6 Å². The molecule has 152 valence electrons. The highest BCUT2D eigenvalue weighted by atomic mass is 32.2. The molecular formula is C21H25N5O2S. The van der Waals surface area contributed by atoms with Crippen molar-refractivity contribution in [3.63, 3.8) is 0 Å². The molecule has 0 unspecified atom stereocenters. The topological polar surface area (TPSA) is 66.5 Å². The van der Waals surface area contributed by atoms with Crippen LogP contribution in [0.1, 0.15) is 5.56 Å². The van der Waals surface area contributed by atoms with Gasteiger partial charge >= 0.3 is 0 Å². The number of likely N-dealkylation sites (N-methyl/N-ethyl adjacent to an activating group) is 1. The van der Waals surface area contributed by atoms with Crippen molar-refractivity contribution in [2.45, 2.75) is 16.5 Å². The second kappa shape index (κ2) is 9.19. The Balaban J connectivity index is 1.58. The Labute approximate surface area is 175 Å². The van der Waals surface area contributed by atoms with Gasteiger partial charge in [-0.2, -0.15) is 5.10 Å². The van der Waals surface area contributed by atoms with E-state index in [2.05, 4.69) is 45.2 Å². The largest absolute Gasteiger partial charge is 0.492 e. The fourth-order valence-corrected chi connectivity index (χ4v) is 4.01. The van der Waals surface area contributed by atoms with Crippen molar-refractivity contribution in [3.05, 3.63) is 54.4 Å². The van der Waals surface area contributed by atoms with Crippen molar-refractivity contribution in [3.8, 4) is 11.5 Å². The Kier molecular flexibility index (Phi) is 6.21. The van der Waals surface area contributed by atoms with Gasteiger partial charge in [-0.25, -0.2) is 4.98 Å². The fraction of sp³-hybridized carbons (Fsp3) is 0.333. The van der Waals surface area contributed by atoms with Gasteiger partial charge in [0.2, 0.25) is 0 Å². The Morgan fingerprint density at radius 2 is 1.86 bits per heavy atom. The lowest BCUT2D eigenvalue weighted by molar-refractivity contribution is 0.294. The minimum atomic E-state index is 0.505. The summed E-state index contributed by atoms with van der Waals surface area (Å²) in [6, 6.07) is 12.2. The van der Waals surface area contributed by atoms with Crippen molar-refractivity contribution in [1.29, 1.82) is 0 Å². The average molecular weight is 412 g/mol. The summed E-state index contributed by atoms with van der Waals surface area (Å²) in [5.41, 5.74) is 1.13. The number of pyridine rings is 1. The zero-order valence-electron chi connectivity index (χ0n) is 16.7. The van der Waals surface area contributed by atoms with E-state index in [1.54, 1.807) is 13.3 Å². The lowest BCUT2D eigenvalue weighted by Crippen LogP contribution is -2.45. The molecule has 0 saturated carbocycles. The summed E-state index contributed by atoms with van der Waals surface area (Å²) in [6.07, 6.45) is 3.55. The molecule has 0 aliphatic carbocycles. The second-order valence-electron chi connectivity index (χ2n) is 6.93. The monoisotopic (exact) mass is 411 g/mol. The van der Waals surface area contributed by atoms with Crippen LogP contribution in [-0.2, 0) is 6.61 Å². The lowest BCUT2D eigenvalue weighted by Gasteiger charge is -2.34. The molecule has 0 amide bonds. The second-order valence-corrected chi connectivity index (χ2v) is 8.01. The Hall–Kier alpha value is -2.71. The molecule has 0 bridgehead atoms. The smallest absolute Gasteiger partial charge is 0.171 e. The first-order valence-corrected chi connectivity index (χ1v) is 10.4. The highest BCUT2D eigenvalue weighted by molar-refractivity contribution is 7.99. The number of nitrogens with one attached hydrogen (secondary N) is 1. The molecule has 0 atom stereocenters. The number of hydrogen-bond acceptors (Lipinski definition) is 7. The predicted molar refractivity (Wildman–Crippen MR) is 114 cm³/mol. The van der Waals surface area contributed by atoms with Crippen molar-refractivity contribution in [2.24, 2.45) is 0 Å². The number of nitrogens with zero attached hydrogens (tertiary/aromatic N) is 4. The minimum Gasteiger partial charge on any atom is -0.492 e. The summed E-state index contributed by atoms with van der Waals surface area (Å²) in [6.45, 7) is 4.41. The molecule has 0 spiro atoms. The summed E-state index contributed by atoms with van der Waals surface area (Å²) < 4.78 is 11.6. The van der Waals surface area contributed by atoms with Crippen LogP contribution < -0.4 is 14.4 Å². The van der Waals surface area contributed by atoms with Gasteiger partial charge in [-0.15, -0.1) is 0 Å². The number of methoxy groups -OCH3 is 1. The Bertz CT molecular complexity index is 926. The maximum Gasteiger partial charge on any atom is 0.171 e. The maximum atomic E-state index is 6.23. The summed E-state index contributed by atoms with van der Waals surface area (Å²) in [7, 11) is 3.78. The number of rotatable bonds is 7. The number of aromatic amines is 1. The molecule has 1 aliphatic rings. The molecule has 1 aliphatic heterocycles. The van der Waals surface area contributed by atoms with Crippen LogP contribution in [-0.4, -0.2) is 60.4 Å². The third-order valence-electron chi connectivity index (χ3n) is 4.86. The molecule has 29 heavy (non-hydrogen) atoms. The van der Waals surface area contributed by atoms with Crippen molar-refractivity contribution in [2.75, 3.05) is 45.2 Å². The first-order valence-electron chi connectivity index (χ1n) is 9.58. The zero-order valence-corrected chi connectivity index (χ0v) is 17.5. The molecule has 1 aromatic carbocycles. The first-order chi connectivity index (χ1) is 14.2. The van der Waals surface area contributed by atoms with Crippen LogP contribution in [0.15, 0.2) is 58.7 Å². The van der Waals surface area contributed by atoms with E-state index < -0.39 is 0 Å². The van der Waals surface area contributed by atoms with E-state index in [0.717, 1.165) is 53.2 Å². The number of benzene rings is 1. The number of hydrogen-bond donors (Lipinski definition) is 1. The summed E-state index contributed by atoms with van der Waals surface area (Å²) in [5, 5.41) is 7.86. The van der Waals surface area contributed by atoms with E-state index in [4.69, 9.17) is 14.5 Å². The maximum absolute atomic E-state index is 6.23. The standard InChI is InChI=1S/C21H25N5O2S/c1-25-8-10-26(11-9-25)20-18(28-15-16-6-4-3-5-7-16)12-17(13-22-20)29-21-19(27-2)14-23-24-21/h3-7,12-14H,8-11,15H2,1-2H3,(H,23,24). The van der Waals surface area contributed by atoms with E-state index in [1.807, 2.05) is 24.4 Å². The molecule has 8 heteroatoms. The number of piperazine rings is 1. The molecule has 2 aromatic heterocycles. The summed E-state index contributed by atoms with van der Waals surface area (Å²) in [4.78, 5) is 10.4. The van der Waals surface area contributed by atoms with Gasteiger partial charge in [0.15, 0.2) is 17.3 Å². The van der Waals surface area contributed by atoms with Gasteiger partial charge in [-0.05, 0) is 18.7 Å². The molecule has 7 nitrogen and oxygen atoms in total. The van der Waals surface area contributed by atoms with Crippen LogP contribution >= 0.6 is 11.8 Å². The van der Waals surface area contributed by atoms with Crippen molar-refractivity contribution in [1.82, 2.24) is 20.1 Å². The van der Waals surface area contributed by atoms with Gasteiger partial charge in [0.1, 0.15) is 11.6 Å². The molecule has 3 heterocycles. The summed E-state index contributed by atoms with van der Waals surface area (Å²) in [5.74, 6) is 2.40. The van der Waals surface area contributed by atoms with Gasteiger partial charge in [0.25, 0.3) is 0 Å². The third kappa shape index (κ3) is 4.83. The number of aromatic nitrogens is 3. The lowest BCUT2D eigenvalue weighted by atomic mass is 10.2. The van der Waals surface area contributed by atoms with Crippen molar-refractivity contribution < 1.29 is 9.47 Å². The van der Waals surface area contributed by atoms with Crippen LogP contribution in [0.4, 0.5) is 5.82 Å². The van der Waals surface area contributed by atoms with Crippen LogP contribution in [0.3, 0.4) is 0 Å². The van der Waals surface area contributed by atoms with Gasteiger partial charge in [-0.3, -0.25) is 5.10 Å². The normalized spacial score (nSPS) is 14.8. The Morgan fingerprint density at radius 1 is 1.07 bits per heavy atom. The van der Waals surface area contributed by atoms with Gasteiger partial charge in [-0.1, -0.05) is 42.1 Å². The third-order valence-corrected chi connectivity index (χ3v) is 5.81. The number of anilines is 1. The van der Waals surface area contributed by atoms with Gasteiger partial charge in [0.05, 0.1) is 13.3 Å². The van der Waals surface area contributed by atoms with E-state index in [-0.39, 0.29) is 0 Å². The van der Waals surface area contributed by atoms with E-state index >= 15 is 0 Å². The number of H-pyrrole nitrogens is 1. The molecule has 1 saturated heterocycles. The fourth-order valence-electron chi connectivity index (χ4n) is 3.17. The Morgan fingerprint density at radius 3 is 2.62 bits per heavy atom. The molecule has 1 N–H and O–H groups in total. The summed E-state index contributed by atoms with van der Waals surface area (Å²) >= 11 is 1.52. The first kappa shape index (κ1) is 19.6. The van der Waals surface area contributed by atoms with Gasteiger partial charge in [0, 0.05) is 37.3 Å². The zero-order chi connectivity index (χ0) is 20.1. The molecule has 1 fully saturated rings. The molecule has 3 aromatic rings. The molecule has 4 rings (SSSR count). The number of ether oxygens (including phenoxy) is 2. The average Bonchev–Trinajstić information content (AvgIpc) is 3.21. The highest BCUT2D eigenvalue weighted by Gasteiger charge is 2.20. The van der Waals surface area contributed by atoms with E-state index in [0.29, 0.717) is 12.4 Å². The molecule has 0 radical (unpaired) electrons. The van der Waals surface area contributed by atoms with Gasteiger partial charge < -0.3 is 19.3 Å². The van der Waals surface area contributed by atoms with Crippen LogP contribution in [0, 0.1) is 0 Å². The highest BCUT2D eigenvalue weighted by Crippen LogP contribution is 2.37. The quantitative estimate of drug-likeness (QED) is 0.640. The van der Waals surface area contributed by atoms with Crippen LogP contribution in [0.2, 0.25) is 0 Å². The molecular weight excluding hydrogens is 386 g/mol. The minimum absolute atomic E-state index is 0.505. The van der Waals surface area contributed by atoms with E-state index in [1.165, 1.54) is 11.8 Å². The predicted octanol–water partition coefficient (Wildman–Crippen LogP) is 3.30. The van der Waals surface area contributed by atoms with E-state index in [9.17, 15) is 0 Å². The van der Waals surface area contributed by atoms with Crippen LogP contribution in [0.25, 0.3) is 0 Å².